The minimum absolute atomic E-state index is 0.111. The number of hydrogen-bond donors (Lipinski definition) is 2. The number of H-pyrrole nitrogens is 1. The molecule has 18 heavy (non-hydrogen) atoms. The molecule has 3 rings (SSSR count). The van der Waals surface area contributed by atoms with Gasteiger partial charge < -0.3 is 15.0 Å². The highest BCUT2D eigenvalue weighted by Gasteiger charge is 2.36. The number of para-hydroxylation sites is 1. The Balaban J connectivity index is 1.85. The quantitative estimate of drug-likeness (QED) is 0.836. The second kappa shape index (κ2) is 3.87. The molecule has 0 saturated carbocycles. The van der Waals surface area contributed by atoms with Gasteiger partial charge in [-0.15, -0.1) is 0 Å². The zero-order chi connectivity index (χ0) is 12.7. The molecule has 1 aliphatic heterocycles. The summed E-state index contributed by atoms with van der Waals surface area (Å²) in [6.07, 6.45) is 1.79. The number of amides is 1. The SMILES string of the molecule is O=C(O)C1CN(C(=O)c2cccc3cc[nH]c23)C1. The van der Waals surface area contributed by atoms with Crippen molar-refractivity contribution in [1.82, 2.24) is 9.88 Å². The van der Waals surface area contributed by atoms with Gasteiger partial charge >= 0.3 is 5.97 Å². The van der Waals surface area contributed by atoms with Crippen molar-refractivity contribution >= 4 is 22.8 Å². The van der Waals surface area contributed by atoms with Gasteiger partial charge in [0, 0.05) is 24.7 Å². The van der Waals surface area contributed by atoms with Crippen LogP contribution in [0.4, 0.5) is 0 Å². The summed E-state index contributed by atoms with van der Waals surface area (Å²) < 4.78 is 0. The summed E-state index contributed by atoms with van der Waals surface area (Å²) in [6, 6.07) is 7.42. The minimum Gasteiger partial charge on any atom is -0.481 e. The number of carboxylic acids is 1. The molecule has 0 spiro atoms. The molecule has 1 amide bonds. The number of hydrogen-bond acceptors (Lipinski definition) is 2. The van der Waals surface area contributed by atoms with E-state index in [-0.39, 0.29) is 5.91 Å². The fourth-order valence-corrected chi connectivity index (χ4v) is 2.23. The molecule has 0 atom stereocenters. The van der Waals surface area contributed by atoms with Gasteiger partial charge in [0.15, 0.2) is 0 Å². The van der Waals surface area contributed by atoms with Gasteiger partial charge in [0.05, 0.1) is 17.0 Å². The van der Waals surface area contributed by atoms with E-state index in [1.165, 1.54) is 0 Å². The number of likely N-dealkylation sites (tertiary alicyclic amines) is 1. The van der Waals surface area contributed by atoms with Gasteiger partial charge in [-0.25, -0.2) is 0 Å². The van der Waals surface area contributed by atoms with Crippen LogP contribution in [0.15, 0.2) is 30.5 Å². The number of aliphatic carboxylic acids is 1. The summed E-state index contributed by atoms with van der Waals surface area (Å²) in [5.74, 6) is -1.37. The van der Waals surface area contributed by atoms with E-state index < -0.39 is 11.9 Å². The summed E-state index contributed by atoms with van der Waals surface area (Å²) in [5.41, 5.74) is 1.41. The lowest BCUT2D eigenvalue weighted by Gasteiger charge is -2.36. The smallest absolute Gasteiger partial charge is 0.310 e. The van der Waals surface area contributed by atoms with Gasteiger partial charge in [-0.05, 0) is 12.1 Å². The highest BCUT2D eigenvalue weighted by atomic mass is 16.4. The van der Waals surface area contributed by atoms with Crippen LogP contribution in [0.3, 0.4) is 0 Å². The molecule has 5 heteroatoms. The van der Waals surface area contributed by atoms with E-state index in [1.807, 2.05) is 18.2 Å². The number of aromatic nitrogens is 1. The van der Waals surface area contributed by atoms with Crippen LogP contribution in [0.5, 0.6) is 0 Å². The molecule has 2 aromatic rings. The Bertz CT molecular complexity index is 626. The number of rotatable bonds is 2. The van der Waals surface area contributed by atoms with E-state index in [0.717, 1.165) is 10.9 Å². The molecular weight excluding hydrogens is 232 g/mol. The monoisotopic (exact) mass is 244 g/mol. The molecule has 0 aliphatic carbocycles. The van der Waals surface area contributed by atoms with E-state index in [4.69, 9.17) is 5.11 Å². The second-order valence-corrected chi connectivity index (χ2v) is 4.49. The van der Waals surface area contributed by atoms with Gasteiger partial charge in [0.25, 0.3) is 5.91 Å². The summed E-state index contributed by atoms with van der Waals surface area (Å²) >= 11 is 0. The fourth-order valence-electron chi connectivity index (χ4n) is 2.23. The molecule has 5 nitrogen and oxygen atoms in total. The summed E-state index contributed by atoms with van der Waals surface area (Å²) in [5, 5.41) is 9.78. The van der Waals surface area contributed by atoms with Crippen LogP contribution in [0.2, 0.25) is 0 Å². The molecule has 0 radical (unpaired) electrons. The number of nitrogens with one attached hydrogen (secondary N) is 1. The van der Waals surface area contributed by atoms with E-state index in [0.29, 0.717) is 18.7 Å². The van der Waals surface area contributed by atoms with Crippen LogP contribution in [0.1, 0.15) is 10.4 Å². The first-order chi connectivity index (χ1) is 8.66. The summed E-state index contributed by atoms with van der Waals surface area (Å²) in [7, 11) is 0. The van der Waals surface area contributed by atoms with Crippen molar-refractivity contribution in [3.63, 3.8) is 0 Å². The first kappa shape index (κ1) is 10.8. The van der Waals surface area contributed by atoms with Gasteiger partial charge in [0.2, 0.25) is 0 Å². The van der Waals surface area contributed by atoms with Gasteiger partial charge in [-0.3, -0.25) is 9.59 Å². The van der Waals surface area contributed by atoms with Crippen LogP contribution in [-0.2, 0) is 4.79 Å². The van der Waals surface area contributed by atoms with E-state index in [2.05, 4.69) is 4.98 Å². The highest BCUT2D eigenvalue weighted by molar-refractivity contribution is 6.06. The molecule has 92 valence electrons. The molecule has 1 aromatic heterocycles. The normalized spacial score (nSPS) is 15.7. The van der Waals surface area contributed by atoms with Crippen LogP contribution >= 0.6 is 0 Å². The number of carbonyl (C=O) groups is 2. The zero-order valence-corrected chi connectivity index (χ0v) is 9.59. The van der Waals surface area contributed by atoms with Crippen molar-refractivity contribution in [3.8, 4) is 0 Å². The topological polar surface area (TPSA) is 73.4 Å². The number of aromatic amines is 1. The van der Waals surface area contributed by atoms with E-state index in [1.54, 1.807) is 17.2 Å². The standard InChI is InChI=1S/C13H12N2O3/c16-12(15-6-9(7-15)13(17)18)10-3-1-2-8-4-5-14-11(8)10/h1-5,9,14H,6-7H2,(H,17,18). The lowest BCUT2D eigenvalue weighted by molar-refractivity contribution is -0.146. The third-order valence-corrected chi connectivity index (χ3v) is 3.34. The molecule has 2 heterocycles. The maximum absolute atomic E-state index is 12.2. The minimum atomic E-state index is -0.836. The zero-order valence-electron chi connectivity index (χ0n) is 9.59. The van der Waals surface area contributed by atoms with Crippen molar-refractivity contribution in [2.75, 3.05) is 13.1 Å². The molecular formula is C13H12N2O3. The van der Waals surface area contributed by atoms with E-state index >= 15 is 0 Å². The van der Waals surface area contributed by atoms with Gasteiger partial charge in [0.1, 0.15) is 0 Å². The summed E-state index contributed by atoms with van der Waals surface area (Å²) in [6.45, 7) is 0.594. The van der Waals surface area contributed by atoms with Crippen LogP contribution in [-0.4, -0.2) is 40.0 Å². The third-order valence-electron chi connectivity index (χ3n) is 3.34. The largest absolute Gasteiger partial charge is 0.481 e. The number of carboxylic acid groups (broad SMARTS) is 1. The number of carbonyl (C=O) groups excluding carboxylic acids is 1. The van der Waals surface area contributed by atoms with E-state index in [9.17, 15) is 9.59 Å². The molecule has 1 aliphatic rings. The molecule has 1 fully saturated rings. The molecule has 0 unspecified atom stereocenters. The van der Waals surface area contributed by atoms with Crippen LogP contribution in [0.25, 0.3) is 10.9 Å². The Labute approximate surface area is 103 Å². The maximum Gasteiger partial charge on any atom is 0.310 e. The van der Waals surface area contributed by atoms with Crippen LogP contribution < -0.4 is 0 Å². The number of fused-ring (bicyclic) bond motifs is 1. The predicted molar refractivity (Wildman–Crippen MR) is 65.3 cm³/mol. The molecule has 1 saturated heterocycles. The number of nitrogens with zero attached hydrogens (tertiary/aromatic N) is 1. The van der Waals surface area contributed by atoms with Gasteiger partial charge in [-0.2, -0.15) is 0 Å². The van der Waals surface area contributed by atoms with Crippen molar-refractivity contribution in [1.29, 1.82) is 0 Å². The molecule has 1 aromatic carbocycles. The predicted octanol–water partition coefficient (Wildman–Crippen LogP) is 1.32. The Morgan fingerprint density at radius 3 is 2.78 bits per heavy atom. The lowest BCUT2D eigenvalue weighted by atomic mass is 9.98. The average molecular weight is 244 g/mol. The van der Waals surface area contributed by atoms with Crippen molar-refractivity contribution in [3.05, 3.63) is 36.0 Å². The Morgan fingerprint density at radius 1 is 1.28 bits per heavy atom. The van der Waals surface area contributed by atoms with Crippen molar-refractivity contribution in [2.45, 2.75) is 0 Å². The molecule has 2 N–H and O–H groups in total. The fraction of sp³-hybridized carbons (Fsp3) is 0.231. The summed E-state index contributed by atoms with van der Waals surface area (Å²) in [4.78, 5) is 27.5. The lowest BCUT2D eigenvalue weighted by Crippen LogP contribution is -2.53. The Kier molecular flexibility index (Phi) is 2.33. The Morgan fingerprint density at radius 2 is 2.06 bits per heavy atom. The van der Waals surface area contributed by atoms with Crippen molar-refractivity contribution in [2.24, 2.45) is 5.92 Å². The van der Waals surface area contributed by atoms with Gasteiger partial charge in [-0.1, -0.05) is 12.1 Å². The van der Waals surface area contributed by atoms with Crippen LogP contribution in [0, 0.1) is 5.92 Å². The highest BCUT2D eigenvalue weighted by Crippen LogP contribution is 2.23. The second-order valence-electron chi connectivity index (χ2n) is 4.49. The molecule has 0 bridgehead atoms. The Hall–Kier alpha value is -2.30. The first-order valence-electron chi connectivity index (χ1n) is 5.75. The maximum atomic E-state index is 12.2. The third kappa shape index (κ3) is 1.55. The van der Waals surface area contributed by atoms with Crippen molar-refractivity contribution < 1.29 is 14.7 Å². The number of benzene rings is 1. The first-order valence-corrected chi connectivity index (χ1v) is 5.75. The average Bonchev–Trinajstić information content (AvgIpc) is 2.73.